The summed E-state index contributed by atoms with van der Waals surface area (Å²) in [6, 6.07) is 11.1. The minimum absolute atomic E-state index is 0.466. The zero-order valence-electron chi connectivity index (χ0n) is 11.2. The lowest BCUT2D eigenvalue weighted by atomic mass is 9.90. The zero-order chi connectivity index (χ0) is 12.5. The molecule has 3 N–H and O–H groups in total. The first kappa shape index (κ1) is 14.2. The molecule has 2 heteroatoms. The number of benzene rings is 1. The van der Waals surface area contributed by atoms with E-state index in [0.717, 1.165) is 12.8 Å². The van der Waals surface area contributed by atoms with Gasteiger partial charge in [-0.1, -0.05) is 57.0 Å². The smallest absolute Gasteiger partial charge is 0.0238 e. The first-order valence-corrected chi connectivity index (χ1v) is 6.81. The van der Waals surface area contributed by atoms with Gasteiger partial charge in [-0.05, 0) is 30.7 Å². The van der Waals surface area contributed by atoms with Crippen molar-refractivity contribution < 1.29 is 0 Å². The highest BCUT2D eigenvalue weighted by Crippen LogP contribution is 2.17. The van der Waals surface area contributed by atoms with E-state index in [0.29, 0.717) is 12.0 Å². The fraction of sp³-hybridized carbons (Fsp3) is 0.600. The number of hydrazine groups is 1. The molecule has 1 unspecified atom stereocenters. The Kier molecular flexibility index (Phi) is 6.90. The molecule has 0 radical (unpaired) electrons. The molecule has 1 aromatic carbocycles. The van der Waals surface area contributed by atoms with Crippen molar-refractivity contribution in [1.29, 1.82) is 0 Å². The number of rotatable bonds is 8. The van der Waals surface area contributed by atoms with Crippen LogP contribution in [0.3, 0.4) is 0 Å². The van der Waals surface area contributed by atoms with Crippen LogP contribution in [-0.4, -0.2) is 6.04 Å². The molecule has 0 aliphatic heterocycles. The molecule has 96 valence electrons. The molecule has 1 rings (SSSR count). The first-order chi connectivity index (χ1) is 8.31. The van der Waals surface area contributed by atoms with Crippen molar-refractivity contribution >= 4 is 0 Å². The lowest BCUT2D eigenvalue weighted by molar-refractivity contribution is 0.316. The highest BCUT2D eigenvalue weighted by Gasteiger charge is 2.16. The molecule has 0 heterocycles. The fourth-order valence-corrected chi connectivity index (χ4v) is 2.48. The molecule has 2 nitrogen and oxygen atoms in total. The van der Waals surface area contributed by atoms with Crippen molar-refractivity contribution in [3.05, 3.63) is 35.9 Å². The Bertz CT molecular complexity index is 280. The van der Waals surface area contributed by atoms with Gasteiger partial charge in [0.1, 0.15) is 0 Å². The molecule has 0 saturated carbocycles. The van der Waals surface area contributed by atoms with Crippen LogP contribution < -0.4 is 11.3 Å². The van der Waals surface area contributed by atoms with Crippen LogP contribution in [0.25, 0.3) is 0 Å². The van der Waals surface area contributed by atoms with Gasteiger partial charge in [0.05, 0.1) is 0 Å². The van der Waals surface area contributed by atoms with E-state index >= 15 is 0 Å². The molecule has 0 amide bonds. The van der Waals surface area contributed by atoms with Crippen LogP contribution in [0.15, 0.2) is 30.3 Å². The highest BCUT2D eigenvalue weighted by molar-refractivity contribution is 5.14. The van der Waals surface area contributed by atoms with Crippen LogP contribution >= 0.6 is 0 Å². The molecule has 17 heavy (non-hydrogen) atoms. The second-order valence-corrected chi connectivity index (χ2v) is 4.73. The van der Waals surface area contributed by atoms with E-state index < -0.39 is 0 Å². The van der Waals surface area contributed by atoms with Gasteiger partial charge in [0.25, 0.3) is 0 Å². The molecule has 0 saturated heterocycles. The summed E-state index contributed by atoms with van der Waals surface area (Å²) in [5, 5.41) is 0. The van der Waals surface area contributed by atoms with Crippen LogP contribution in [0.1, 0.15) is 45.1 Å². The van der Waals surface area contributed by atoms with Crippen LogP contribution in [0.5, 0.6) is 0 Å². The second kappa shape index (κ2) is 8.26. The number of hydrogen-bond donors (Lipinski definition) is 2. The van der Waals surface area contributed by atoms with Crippen LogP contribution in [0.2, 0.25) is 0 Å². The third-order valence-electron chi connectivity index (χ3n) is 3.66. The summed E-state index contributed by atoms with van der Waals surface area (Å²) >= 11 is 0. The predicted octanol–water partition coefficient (Wildman–Crippen LogP) is 3.28. The van der Waals surface area contributed by atoms with Gasteiger partial charge >= 0.3 is 0 Å². The van der Waals surface area contributed by atoms with Gasteiger partial charge < -0.3 is 0 Å². The zero-order valence-corrected chi connectivity index (χ0v) is 11.2. The molecule has 0 bridgehead atoms. The Morgan fingerprint density at radius 1 is 1.12 bits per heavy atom. The van der Waals surface area contributed by atoms with Crippen molar-refractivity contribution in [3.8, 4) is 0 Å². The average molecular weight is 234 g/mol. The van der Waals surface area contributed by atoms with Gasteiger partial charge in [0.15, 0.2) is 0 Å². The molecule has 0 spiro atoms. The van der Waals surface area contributed by atoms with E-state index in [1.165, 1.54) is 24.8 Å². The third kappa shape index (κ3) is 4.88. The maximum absolute atomic E-state index is 5.65. The van der Waals surface area contributed by atoms with E-state index in [1.807, 2.05) is 0 Å². The lowest BCUT2D eigenvalue weighted by Crippen LogP contribution is -2.40. The Hall–Kier alpha value is -0.860. The Labute approximate surface area is 106 Å². The van der Waals surface area contributed by atoms with Gasteiger partial charge in [-0.15, -0.1) is 0 Å². The largest absolute Gasteiger partial charge is 0.271 e. The van der Waals surface area contributed by atoms with E-state index in [-0.39, 0.29) is 0 Å². The van der Waals surface area contributed by atoms with Crippen molar-refractivity contribution in [1.82, 2.24) is 5.43 Å². The maximum atomic E-state index is 5.65. The summed E-state index contributed by atoms with van der Waals surface area (Å²) in [5.74, 6) is 6.36. The van der Waals surface area contributed by atoms with Gasteiger partial charge in [-0.25, -0.2) is 0 Å². The summed E-state index contributed by atoms with van der Waals surface area (Å²) in [5.41, 5.74) is 4.41. The van der Waals surface area contributed by atoms with Crippen molar-refractivity contribution in [2.24, 2.45) is 11.8 Å². The summed E-state index contributed by atoms with van der Waals surface area (Å²) in [4.78, 5) is 0. The second-order valence-electron chi connectivity index (χ2n) is 4.73. The maximum Gasteiger partial charge on any atom is 0.0238 e. The number of nitrogens with two attached hydrogens (primary N) is 1. The number of aryl methyl sites for hydroxylation is 1. The molecule has 0 aliphatic carbocycles. The Morgan fingerprint density at radius 3 is 2.29 bits per heavy atom. The monoisotopic (exact) mass is 234 g/mol. The highest BCUT2D eigenvalue weighted by atomic mass is 15.2. The van der Waals surface area contributed by atoms with Gasteiger partial charge in [0, 0.05) is 6.04 Å². The minimum Gasteiger partial charge on any atom is -0.271 e. The molecule has 0 aromatic heterocycles. The summed E-state index contributed by atoms with van der Waals surface area (Å²) < 4.78 is 0. The Morgan fingerprint density at radius 2 is 1.76 bits per heavy atom. The van der Waals surface area contributed by atoms with Crippen LogP contribution in [0, 0.1) is 5.92 Å². The molecule has 1 atom stereocenters. The number of hydrogen-bond acceptors (Lipinski definition) is 2. The van der Waals surface area contributed by atoms with E-state index in [9.17, 15) is 0 Å². The quantitative estimate of drug-likeness (QED) is 0.535. The standard InChI is InChI=1S/C15H26N2/c1-3-14(4-2)15(17-16)12-8-11-13-9-6-5-7-10-13/h5-7,9-10,14-15,17H,3-4,8,11-12,16H2,1-2H3. The van der Waals surface area contributed by atoms with Crippen LogP contribution in [-0.2, 0) is 6.42 Å². The molecule has 0 fully saturated rings. The van der Waals surface area contributed by atoms with Crippen molar-refractivity contribution in [3.63, 3.8) is 0 Å². The van der Waals surface area contributed by atoms with Crippen molar-refractivity contribution in [2.75, 3.05) is 0 Å². The van der Waals surface area contributed by atoms with Crippen molar-refractivity contribution in [2.45, 2.75) is 52.0 Å². The van der Waals surface area contributed by atoms with E-state index in [4.69, 9.17) is 5.84 Å². The summed E-state index contributed by atoms with van der Waals surface area (Å²) in [6.07, 6.45) is 5.93. The van der Waals surface area contributed by atoms with Crippen LogP contribution in [0.4, 0.5) is 0 Å². The van der Waals surface area contributed by atoms with Gasteiger partial charge in [-0.3, -0.25) is 11.3 Å². The topological polar surface area (TPSA) is 38.0 Å². The Balaban J connectivity index is 2.33. The van der Waals surface area contributed by atoms with Gasteiger partial charge in [0.2, 0.25) is 0 Å². The van der Waals surface area contributed by atoms with E-state index in [2.05, 4.69) is 49.6 Å². The average Bonchev–Trinajstić information content (AvgIpc) is 2.39. The molecule has 1 aromatic rings. The van der Waals surface area contributed by atoms with E-state index in [1.54, 1.807) is 0 Å². The summed E-state index contributed by atoms with van der Waals surface area (Å²) in [6.45, 7) is 4.49. The third-order valence-corrected chi connectivity index (χ3v) is 3.66. The normalized spacial score (nSPS) is 12.9. The number of nitrogens with one attached hydrogen (secondary N) is 1. The predicted molar refractivity (Wildman–Crippen MR) is 74.6 cm³/mol. The molecule has 0 aliphatic rings. The lowest BCUT2D eigenvalue weighted by Gasteiger charge is -2.24. The van der Waals surface area contributed by atoms with Gasteiger partial charge in [-0.2, -0.15) is 0 Å². The minimum atomic E-state index is 0.466. The fourth-order valence-electron chi connectivity index (χ4n) is 2.48. The summed E-state index contributed by atoms with van der Waals surface area (Å²) in [7, 11) is 0. The first-order valence-electron chi connectivity index (χ1n) is 6.81. The SMILES string of the molecule is CCC(CC)C(CCCc1ccccc1)NN. The molecular weight excluding hydrogens is 208 g/mol. The molecular formula is C15H26N2.